The third-order valence-electron chi connectivity index (χ3n) is 5.07. The SMILES string of the molecule is CCN(c1cccc(F)c1)C1(CN)CCC(C)CC1C. The smallest absolute Gasteiger partial charge is 0.125 e. The average Bonchev–Trinajstić information content (AvgIpc) is 2.42. The van der Waals surface area contributed by atoms with E-state index in [0.717, 1.165) is 24.6 Å². The summed E-state index contributed by atoms with van der Waals surface area (Å²) in [6.45, 7) is 8.23. The molecule has 1 aromatic carbocycles. The van der Waals surface area contributed by atoms with Gasteiger partial charge in [0.05, 0.1) is 5.54 Å². The summed E-state index contributed by atoms with van der Waals surface area (Å²) in [4.78, 5) is 2.33. The second kappa shape index (κ2) is 6.13. The third-order valence-corrected chi connectivity index (χ3v) is 5.07. The number of nitrogens with two attached hydrogens (primary N) is 1. The molecule has 0 aromatic heterocycles. The predicted molar refractivity (Wildman–Crippen MR) is 83.4 cm³/mol. The zero-order valence-corrected chi connectivity index (χ0v) is 12.9. The highest BCUT2D eigenvalue weighted by Gasteiger charge is 2.43. The van der Waals surface area contributed by atoms with Crippen LogP contribution in [0.1, 0.15) is 40.0 Å². The minimum Gasteiger partial charge on any atom is -0.365 e. The molecular formula is C17H27FN2. The van der Waals surface area contributed by atoms with Crippen LogP contribution in [-0.2, 0) is 0 Å². The van der Waals surface area contributed by atoms with Gasteiger partial charge in [0.15, 0.2) is 0 Å². The van der Waals surface area contributed by atoms with E-state index in [1.165, 1.54) is 18.9 Å². The van der Waals surface area contributed by atoms with Crippen LogP contribution in [0.2, 0.25) is 0 Å². The fourth-order valence-electron chi connectivity index (χ4n) is 3.90. The Morgan fingerprint density at radius 1 is 1.40 bits per heavy atom. The monoisotopic (exact) mass is 278 g/mol. The Morgan fingerprint density at radius 3 is 2.70 bits per heavy atom. The van der Waals surface area contributed by atoms with E-state index >= 15 is 0 Å². The highest BCUT2D eigenvalue weighted by molar-refractivity contribution is 5.50. The molecule has 0 bridgehead atoms. The zero-order valence-electron chi connectivity index (χ0n) is 12.9. The number of rotatable bonds is 4. The Balaban J connectivity index is 2.37. The van der Waals surface area contributed by atoms with Crippen molar-refractivity contribution < 1.29 is 4.39 Å². The van der Waals surface area contributed by atoms with Crippen LogP contribution >= 0.6 is 0 Å². The minimum atomic E-state index is -0.176. The van der Waals surface area contributed by atoms with E-state index < -0.39 is 0 Å². The van der Waals surface area contributed by atoms with Crippen molar-refractivity contribution in [2.75, 3.05) is 18.0 Å². The van der Waals surface area contributed by atoms with E-state index in [9.17, 15) is 4.39 Å². The second-order valence-electron chi connectivity index (χ2n) is 6.31. The lowest BCUT2D eigenvalue weighted by Crippen LogP contribution is -2.60. The van der Waals surface area contributed by atoms with Gasteiger partial charge in [0.25, 0.3) is 0 Å². The molecule has 1 saturated carbocycles. The van der Waals surface area contributed by atoms with Gasteiger partial charge in [-0.15, -0.1) is 0 Å². The van der Waals surface area contributed by atoms with Crippen molar-refractivity contribution in [2.24, 2.45) is 17.6 Å². The van der Waals surface area contributed by atoms with Gasteiger partial charge in [0, 0.05) is 18.8 Å². The van der Waals surface area contributed by atoms with Crippen LogP contribution in [0.3, 0.4) is 0 Å². The molecule has 3 heteroatoms. The minimum absolute atomic E-state index is 0.0327. The maximum atomic E-state index is 13.6. The van der Waals surface area contributed by atoms with Crippen LogP contribution in [0.15, 0.2) is 24.3 Å². The predicted octanol–water partition coefficient (Wildman–Crippen LogP) is 3.81. The van der Waals surface area contributed by atoms with Gasteiger partial charge in [-0.25, -0.2) is 4.39 Å². The van der Waals surface area contributed by atoms with Crippen LogP contribution < -0.4 is 10.6 Å². The lowest BCUT2D eigenvalue weighted by Gasteiger charge is -2.52. The molecule has 3 atom stereocenters. The summed E-state index contributed by atoms with van der Waals surface area (Å²) in [5, 5.41) is 0. The molecule has 1 aliphatic carbocycles. The molecule has 0 aliphatic heterocycles. The maximum Gasteiger partial charge on any atom is 0.125 e. The second-order valence-corrected chi connectivity index (χ2v) is 6.31. The fourth-order valence-corrected chi connectivity index (χ4v) is 3.90. The van der Waals surface area contributed by atoms with Crippen LogP contribution in [0.5, 0.6) is 0 Å². The highest BCUT2D eigenvalue weighted by Crippen LogP contribution is 2.42. The fraction of sp³-hybridized carbons (Fsp3) is 0.647. The normalized spacial score (nSPS) is 30.2. The molecule has 2 nitrogen and oxygen atoms in total. The lowest BCUT2D eigenvalue weighted by molar-refractivity contribution is 0.160. The summed E-state index contributed by atoms with van der Waals surface area (Å²) in [6.07, 6.45) is 3.49. The zero-order chi connectivity index (χ0) is 14.8. The molecule has 0 amide bonds. The molecule has 0 heterocycles. The largest absolute Gasteiger partial charge is 0.365 e. The number of hydrogen-bond donors (Lipinski definition) is 1. The number of nitrogens with zero attached hydrogens (tertiary/aromatic N) is 1. The van der Waals surface area contributed by atoms with E-state index in [2.05, 4.69) is 25.7 Å². The van der Waals surface area contributed by atoms with Crippen molar-refractivity contribution in [3.63, 3.8) is 0 Å². The van der Waals surface area contributed by atoms with Gasteiger partial charge in [-0.3, -0.25) is 0 Å². The Labute approximate surface area is 122 Å². The first-order chi connectivity index (χ1) is 9.53. The van der Waals surface area contributed by atoms with Crippen LogP contribution in [0.4, 0.5) is 10.1 Å². The first-order valence-corrected chi connectivity index (χ1v) is 7.76. The quantitative estimate of drug-likeness (QED) is 0.907. The van der Waals surface area contributed by atoms with Gasteiger partial charge in [-0.05, 0) is 56.2 Å². The van der Waals surface area contributed by atoms with Crippen molar-refractivity contribution in [1.82, 2.24) is 0 Å². The van der Waals surface area contributed by atoms with E-state index in [1.807, 2.05) is 6.07 Å². The van der Waals surface area contributed by atoms with Crippen molar-refractivity contribution in [1.29, 1.82) is 0 Å². The molecule has 2 N–H and O–H groups in total. The summed E-state index contributed by atoms with van der Waals surface area (Å²) in [6, 6.07) is 6.91. The van der Waals surface area contributed by atoms with E-state index in [1.54, 1.807) is 12.1 Å². The molecule has 0 radical (unpaired) electrons. The number of benzene rings is 1. The molecule has 1 aromatic rings. The van der Waals surface area contributed by atoms with Gasteiger partial charge in [-0.2, -0.15) is 0 Å². The van der Waals surface area contributed by atoms with Crippen molar-refractivity contribution >= 4 is 5.69 Å². The lowest BCUT2D eigenvalue weighted by atomic mass is 9.68. The molecule has 2 rings (SSSR count). The number of hydrogen-bond acceptors (Lipinski definition) is 2. The van der Waals surface area contributed by atoms with Crippen LogP contribution in [0.25, 0.3) is 0 Å². The molecule has 1 aliphatic rings. The Bertz CT molecular complexity index is 448. The summed E-state index contributed by atoms with van der Waals surface area (Å²) in [5.41, 5.74) is 7.12. The summed E-state index contributed by atoms with van der Waals surface area (Å²) in [5.74, 6) is 1.11. The van der Waals surface area contributed by atoms with Crippen molar-refractivity contribution in [3.8, 4) is 0 Å². The first kappa shape index (κ1) is 15.3. The van der Waals surface area contributed by atoms with E-state index in [0.29, 0.717) is 12.5 Å². The Kier molecular flexibility index (Phi) is 4.69. The maximum absolute atomic E-state index is 13.6. The van der Waals surface area contributed by atoms with E-state index in [-0.39, 0.29) is 11.4 Å². The van der Waals surface area contributed by atoms with Crippen LogP contribution in [-0.4, -0.2) is 18.6 Å². The summed E-state index contributed by atoms with van der Waals surface area (Å²) in [7, 11) is 0. The van der Waals surface area contributed by atoms with E-state index in [4.69, 9.17) is 5.73 Å². The van der Waals surface area contributed by atoms with Gasteiger partial charge < -0.3 is 10.6 Å². The average molecular weight is 278 g/mol. The molecular weight excluding hydrogens is 251 g/mol. The molecule has 112 valence electrons. The number of halogens is 1. The molecule has 20 heavy (non-hydrogen) atoms. The van der Waals surface area contributed by atoms with Crippen molar-refractivity contribution in [2.45, 2.75) is 45.6 Å². The molecule has 0 spiro atoms. The first-order valence-electron chi connectivity index (χ1n) is 7.76. The topological polar surface area (TPSA) is 29.3 Å². The van der Waals surface area contributed by atoms with Gasteiger partial charge in [-0.1, -0.05) is 19.9 Å². The Hall–Kier alpha value is -1.09. The standard InChI is InChI=1S/C17H27FN2/c1-4-20(16-7-5-6-15(18)11-16)17(12-19)9-8-13(2)10-14(17)3/h5-7,11,13-14H,4,8-10,12,19H2,1-3H3. The van der Waals surface area contributed by atoms with Crippen LogP contribution in [0, 0.1) is 17.7 Å². The summed E-state index contributed by atoms with van der Waals surface area (Å²) < 4.78 is 13.6. The van der Waals surface area contributed by atoms with Gasteiger partial charge in [0.2, 0.25) is 0 Å². The highest BCUT2D eigenvalue weighted by atomic mass is 19.1. The molecule has 0 saturated heterocycles. The van der Waals surface area contributed by atoms with Crippen molar-refractivity contribution in [3.05, 3.63) is 30.1 Å². The number of anilines is 1. The third kappa shape index (κ3) is 2.69. The number of likely N-dealkylation sites (N-methyl/N-ethyl adjacent to an activating group) is 1. The molecule has 3 unspecified atom stereocenters. The van der Waals surface area contributed by atoms with Gasteiger partial charge >= 0.3 is 0 Å². The molecule has 1 fully saturated rings. The Morgan fingerprint density at radius 2 is 2.15 bits per heavy atom. The summed E-state index contributed by atoms with van der Waals surface area (Å²) >= 11 is 0. The van der Waals surface area contributed by atoms with Gasteiger partial charge in [0.1, 0.15) is 5.82 Å².